The summed E-state index contributed by atoms with van der Waals surface area (Å²) in [6.07, 6.45) is 2.14. The van der Waals surface area contributed by atoms with Crippen molar-refractivity contribution in [1.82, 2.24) is 4.98 Å². The molecule has 1 aromatic rings. The second kappa shape index (κ2) is 5.29. The Morgan fingerprint density at radius 2 is 2.43 bits per heavy atom. The highest BCUT2D eigenvalue weighted by molar-refractivity contribution is 9.10. The van der Waals surface area contributed by atoms with Crippen LogP contribution < -0.4 is 10.5 Å². The molecule has 1 unspecified atom stereocenters. The van der Waals surface area contributed by atoms with Gasteiger partial charge in [-0.2, -0.15) is 0 Å². The van der Waals surface area contributed by atoms with Gasteiger partial charge in [0.1, 0.15) is 5.75 Å². The number of nitrogens with two attached hydrogens (primary N) is 1. The van der Waals surface area contributed by atoms with E-state index in [1.807, 2.05) is 0 Å². The summed E-state index contributed by atoms with van der Waals surface area (Å²) in [7, 11) is 1.58. The first-order valence-corrected chi connectivity index (χ1v) is 5.04. The molecule has 0 fully saturated rings. The Kier molecular flexibility index (Phi) is 4.31. The van der Waals surface area contributed by atoms with Crippen molar-refractivity contribution in [3.8, 4) is 5.75 Å². The zero-order valence-corrected chi connectivity index (χ0v) is 9.49. The standard InChI is InChI=1S/C9H13BrN2O2/c1-14-9-4-8(7(11)2-3-13)12-5-6(9)10/h4-5,7,13H,2-3,11H2,1H3. The number of nitrogens with zero attached hydrogens (tertiary/aromatic N) is 1. The lowest BCUT2D eigenvalue weighted by molar-refractivity contribution is 0.275. The third-order valence-corrected chi connectivity index (χ3v) is 2.48. The number of aliphatic hydroxyl groups is 1. The Balaban J connectivity index is 2.88. The van der Waals surface area contributed by atoms with E-state index in [0.717, 1.165) is 10.2 Å². The quantitative estimate of drug-likeness (QED) is 0.855. The maximum atomic E-state index is 8.73. The fourth-order valence-corrected chi connectivity index (χ4v) is 1.46. The van der Waals surface area contributed by atoms with Crippen molar-refractivity contribution in [2.24, 2.45) is 5.73 Å². The highest BCUT2D eigenvalue weighted by atomic mass is 79.9. The molecule has 0 aliphatic rings. The molecular weight excluding hydrogens is 248 g/mol. The lowest BCUT2D eigenvalue weighted by Crippen LogP contribution is -2.13. The van der Waals surface area contributed by atoms with E-state index in [0.29, 0.717) is 12.2 Å². The Hall–Kier alpha value is -0.650. The minimum atomic E-state index is -0.248. The molecule has 0 spiro atoms. The largest absolute Gasteiger partial charge is 0.495 e. The van der Waals surface area contributed by atoms with E-state index in [9.17, 15) is 0 Å². The van der Waals surface area contributed by atoms with Crippen LogP contribution in [-0.2, 0) is 0 Å². The summed E-state index contributed by atoms with van der Waals surface area (Å²) < 4.78 is 5.90. The topological polar surface area (TPSA) is 68.4 Å². The van der Waals surface area contributed by atoms with E-state index < -0.39 is 0 Å². The number of aliphatic hydroxyl groups excluding tert-OH is 1. The highest BCUT2D eigenvalue weighted by Gasteiger charge is 2.09. The van der Waals surface area contributed by atoms with Crippen LogP contribution in [0.3, 0.4) is 0 Å². The summed E-state index contributed by atoms with van der Waals surface area (Å²) in [5.41, 5.74) is 6.51. The average molecular weight is 261 g/mol. The number of pyridine rings is 1. The number of ether oxygens (including phenoxy) is 1. The fourth-order valence-electron chi connectivity index (χ4n) is 1.08. The van der Waals surface area contributed by atoms with Crippen molar-refractivity contribution in [2.75, 3.05) is 13.7 Å². The molecule has 0 aliphatic heterocycles. The second-order valence-electron chi connectivity index (χ2n) is 2.86. The van der Waals surface area contributed by atoms with Gasteiger partial charge in [-0.25, -0.2) is 0 Å². The minimum Gasteiger partial charge on any atom is -0.495 e. The van der Waals surface area contributed by atoms with Crippen molar-refractivity contribution in [3.05, 3.63) is 22.4 Å². The van der Waals surface area contributed by atoms with Crippen LogP contribution in [0.4, 0.5) is 0 Å². The first-order chi connectivity index (χ1) is 6.69. The van der Waals surface area contributed by atoms with Crippen LogP contribution >= 0.6 is 15.9 Å². The Labute approximate surface area is 91.2 Å². The van der Waals surface area contributed by atoms with Crippen molar-refractivity contribution in [2.45, 2.75) is 12.5 Å². The maximum absolute atomic E-state index is 8.73. The number of hydrogen-bond donors (Lipinski definition) is 2. The van der Waals surface area contributed by atoms with Crippen LogP contribution in [0.25, 0.3) is 0 Å². The summed E-state index contributed by atoms with van der Waals surface area (Å²) >= 11 is 3.30. The van der Waals surface area contributed by atoms with Gasteiger partial charge >= 0.3 is 0 Å². The Bertz CT molecular complexity index is 307. The zero-order valence-electron chi connectivity index (χ0n) is 7.90. The molecule has 0 saturated carbocycles. The van der Waals surface area contributed by atoms with E-state index in [1.165, 1.54) is 0 Å². The van der Waals surface area contributed by atoms with Gasteiger partial charge in [0.2, 0.25) is 0 Å². The van der Waals surface area contributed by atoms with Crippen molar-refractivity contribution < 1.29 is 9.84 Å². The second-order valence-corrected chi connectivity index (χ2v) is 3.72. The molecule has 3 N–H and O–H groups in total. The predicted molar refractivity (Wildman–Crippen MR) is 57.1 cm³/mol. The first-order valence-electron chi connectivity index (χ1n) is 4.25. The van der Waals surface area contributed by atoms with Gasteiger partial charge in [0.05, 0.1) is 17.3 Å². The molecule has 1 atom stereocenters. The molecule has 0 saturated heterocycles. The summed E-state index contributed by atoms with van der Waals surface area (Å²) in [4.78, 5) is 4.14. The Morgan fingerprint density at radius 3 is 3.00 bits per heavy atom. The molecule has 1 aromatic heterocycles. The molecule has 14 heavy (non-hydrogen) atoms. The molecular formula is C9H13BrN2O2. The lowest BCUT2D eigenvalue weighted by Gasteiger charge is -2.11. The van der Waals surface area contributed by atoms with Gasteiger partial charge in [-0.3, -0.25) is 4.98 Å². The van der Waals surface area contributed by atoms with Gasteiger partial charge in [0.15, 0.2) is 0 Å². The first kappa shape index (κ1) is 11.4. The fraction of sp³-hybridized carbons (Fsp3) is 0.444. The van der Waals surface area contributed by atoms with Crippen LogP contribution in [0.1, 0.15) is 18.2 Å². The molecule has 1 rings (SSSR count). The number of halogens is 1. The van der Waals surface area contributed by atoms with Crippen LogP contribution in [0.2, 0.25) is 0 Å². The molecule has 4 nitrogen and oxygen atoms in total. The number of hydrogen-bond acceptors (Lipinski definition) is 4. The molecule has 78 valence electrons. The number of methoxy groups -OCH3 is 1. The normalized spacial score (nSPS) is 12.6. The van der Waals surface area contributed by atoms with Crippen molar-refractivity contribution in [3.63, 3.8) is 0 Å². The molecule has 0 bridgehead atoms. The third-order valence-electron chi connectivity index (χ3n) is 1.88. The Morgan fingerprint density at radius 1 is 1.71 bits per heavy atom. The predicted octanol–water partition coefficient (Wildman–Crippen LogP) is 1.23. The van der Waals surface area contributed by atoms with Crippen LogP contribution in [0.15, 0.2) is 16.7 Å². The molecule has 1 heterocycles. The monoisotopic (exact) mass is 260 g/mol. The summed E-state index contributed by atoms with van der Waals surface area (Å²) in [6, 6.07) is 1.52. The highest BCUT2D eigenvalue weighted by Crippen LogP contribution is 2.26. The van der Waals surface area contributed by atoms with E-state index in [-0.39, 0.29) is 12.6 Å². The van der Waals surface area contributed by atoms with Gasteiger partial charge in [0.25, 0.3) is 0 Å². The smallest absolute Gasteiger partial charge is 0.136 e. The van der Waals surface area contributed by atoms with Gasteiger partial charge < -0.3 is 15.6 Å². The van der Waals surface area contributed by atoms with E-state index in [2.05, 4.69) is 20.9 Å². The molecule has 5 heteroatoms. The SMILES string of the molecule is COc1cc(C(N)CCO)ncc1Br. The van der Waals surface area contributed by atoms with Crippen LogP contribution in [0, 0.1) is 0 Å². The van der Waals surface area contributed by atoms with E-state index in [1.54, 1.807) is 19.4 Å². The van der Waals surface area contributed by atoms with Gasteiger partial charge in [-0.05, 0) is 22.4 Å². The molecule has 0 aliphatic carbocycles. The number of aromatic nitrogens is 1. The molecule has 0 aromatic carbocycles. The van der Waals surface area contributed by atoms with Gasteiger partial charge in [-0.1, -0.05) is 0 Å². The molecule has 0 amide bonds. The van der Waals surface area contributed by atoms with E-state index in [4.69, 9.17) is 15.6 Å². The number of rotatable bonds is 4. The van der Waals surface area contributed by atoms with Crippen molar-refractivity contribution in [1.29, 1.82) is 0 Å². The summed E-state index contributed by atoms with van der Waals surface area (Å²) in [6.45, 7) is 0.0568. The van der Waals surface area contributed by atoms with Crippen LogP contribution in [-0.4, -0.2) is 23.8 Å². The lowest BCUT2D eigenvalue weighted by atomic mass is 10.1. The average Bonchev–Trinajstić information content (AvgIpc) is 2.19. The minimum absolute atomic E-state index is 0.0568. The van der Waals surface area contributed by atoms with Crippen molar-refractivity contribution >= 4 is 15.9 Å². The molecule has 0 radical (unpaired) electrons. The maximum Gasteiger partial charge on any atom is 0.136 e. The van der Waals surface area contributed by atoms with E-state index >= 15 is 0 Å². The van der Waals surface area contributed by atoms with Crippen LogP contribution in [0.5, 0.6) is 5.75 Å². The van der Waals surface area contributed by atoms with Gasteiger partial charge in [0, 0.05) is 24.9 Å². The summed E-state index contributed by atoms with van der Waals surface area (Å²) in [5, 5.41) is 8.73. The third kappa shape index (κ3) is 2.67. The summed E-state index contributed by atoms with van der Waals surface area (Å²) in [5.74, 6) is 0.698. The van der Waals surface area contributed by atoms with Gasteiger partial charge in [-0.15, -0.1) is 0 Å². The zero-order chi connectivity index (χ0) is 10.6.